The first kappa shape index (κ1) is 12.9. The highest BCUT2D eigenvalue weighted by Crippen LogP contribution is 2.31. The fourth-order valence-electron chi connectivity index (χ4n) is 1.41. The fraction of sp³-hybridized carbons (Fsp3) is 0. The van der Waals surface area contributed by atoms with Gasteiger partial charge in [0.2, 0.25) is 0 Å². The van der Waals surface area contributed by atoms with Crippen molar-refractivity contribution >= 4 is 39.1 Å². The molecule has 0 atom stereocenters. The maximum Gasteiger partial charge on any atom is 0.255 e. The molecule has 0 unspecified atom stereocenters. The molecule has 0 bridgehead atoms. The van der Waals surface area contributed by atoms with Crippen molar-refractivity contribution in [1.82, 2.24) is 0 Å². The van der Waals surface area contributed by atoms with Crippen LogP contribution >= 0.6 is 27.5 Å². The summed E-state index contributed by atoms with van der Waals surface area (Å²) in [4.78, 5) is 11.9. The Morgan fingerprint density at radius 3 is 2.50 bits per heavy atom. The number of hydrogen-bond donors (Lipinski definition) is 2. The largest absolute Gasteiger partial charge is 0.505 e. The second-order valence-electron chi connectivity index (χ2n) is 3.60. The normalized spacial score (nSPS) is 10.1. The summed E-state index contributed by atoms with van der Waals surface area (Å²) in [5, 5.41) is 12.9. The van der Waals surface area contributed by atoms with Gasteiger partial charge in [-0.2, -0.15) is 0 Å². The lowest BCUT2D eigenvalue weighted by Crippen LogP contribution is -2.11. The highest BCUT2D eigenvalue weighted by molar-refractivity contribution is 9.10. The molecular weight excluding hydrogens is 318 g/mol. The van der Waals surface area contributed by atoms with Crippen LogP contribution in [0.3, 0.4) is 0 Å². The van der Waals surface area contributed by atoms with E-state index in [4.69, 9.17) is 11.6 Å². The Morgan fingerprint density at radius 1 is 1.17 bits per heavy atom. The zero-order chi connectivity index (χ0) is 13.1. The summed E-state index contributed by atoms with van der Waals surface area (Å²) < 4.78 is 0.524. The van der Waals surface area contributed by atoms with E-state index in [1.54, 1.807) is 42.5 Å². The van der Waals surface area contributed by atoms with E-state index >= 15 is 0 Å². The molecule has 0 heterocycles. The predicted octanol–water partition coefficient (Wildman–Crippen LogP) is 4.06. The number of benzene rings is 2. The number of phenolic OH excluding ortho intramolecular Hbond substituents is 1. The zero-order valence-corrected chi connectivity index (χ0v) is 11.5. The first-order chi connectivity index (χ1) is 8.58. The van der Waals surface area contributed by atoms with Crippen LogP contribution in [0.5, 0.6) is 5.75 Å². The van der Waals surface area contributed by atoms with Gasteiger partial charge >= 0.3 is 0 Å². The average Bonchev–Trinajstić information content (AvgIpc) is 2.36. The van der Waals surface area contributed by atoms with Crippen LogP contribution in [0.25, 0.3) is 0 Å². The van der Waals surface area contributed by atoms with E-state index in [-0.39, 0.29) is 11.7 Å². The van der Waals surface area contributed by atoms with E-state index in [2.05, 4.69) is 21.2 Å². The molecular formula is C13H9BrClNO2. The van der Waals surface area contributed by atoms with Gasteiger partial charge in [-0.15, -0.1) is 0 Å². The van der Waals surface area contributed by atoms with Gasteiger partial charge in [0, 0.05) is 10.6 Å². The van der Waals surface area contributed by atoms with Crippen LogP contribution in [-0.2, 0) is 0 Å². The number of nitrogens with one attached hydrogen (secondary N) is 1. The fourth-order valence-corrected chi connectivity index (χ4v) is 1.90. The van der Waals surface area contributed by atoms with Crippen molar-refractivity contribution in [3.8, 4) is 5.75 Å². The zero-order valence-electron chi connectivity index (χ0n) is 9.15. The number of para-hydroxylation sites is 1. The Morgan fingerprint density at radius 2 is 1.83 bits per heavy atom. The summed E-state index contributed by atoms with van der Waals surface area (Å²) in [5.41, 5.74) is 0.822. The summed E-state index contributed by atoms with van der Waals surface area (Å²) in [6.07, 6.45) is 0. The first-order valence-corrected chi connectivity index (χ1v) is 6.29. The van der Waals surface area contributed by atoms with Gasteiger partial charge in [-0.25, -0.2) is 0 Å². The van der Waals surface area contributed by atoms with Crippen LogP contribution in [0.4, 0.5) is 5.69 Å². The Labute approximate surface area is 118 Å². The Bertz CT molecular complexity index is 584. The SMILES string of the molecule is O=C(Nc1cccc(Br)c1O)c1ccc(Cl)cc1. The smallest absolute Gasteiger partial charge is 0.255 e. The molecule has 2 rings (SSSR count). The number of halogens is 2. The van der Waals surface area contributed by atoms with Gasteiger partial charge in [0.25, 0.3) is 5.91 Å². The molecule has 0 spiro atoms. The minimum absolute atomic E-state index is 0.000173. The highest BCUT2D eigenvalue weighted by Gasteiger charge is 2.10. The summed E-state index contributed by atoms with van der Waals surface area (Å²) in [6.45, 7) is 0. The number of phenols is 1. The van der Waals surface area contributed by atoms with Gasteiger partial charge in [-0.3, -0.25) is 4.79 Å². The van der Waals surface area contributed by atoms with E-state index in [1.165, 1.54) is 0 Å². The summed E-state index contributed by atoms with van der Waals surface area (Å²) in [5.74, 6) is -0.306. The third-order valence-corrected chi connectivity index (χ3v) is 3.23. The van der Waals surface area contributed by atoms with Crippen molar-refractivity contribution < 1.29 is 9.90 Å². The molecule has 0 saturated heterocycles. The quantitative estimate of drug-likeness (QED) is 0.818. The van der Waals surface area contributed by atoms with Crippen LogP contribution in [0, 0.1) is 0 Å². The maximum atomic E-state index is 11.9. The molecule has 2 N–H and O–H groups in total. The molecule has 92 valence electrons. The molecule has 0 saturated carbocycles. The molecule has 0 aromatic heterocycles. The molecule has 0 radical (unpaired) electrons. The van der Waals surface area contributed by atoms with E-state index in [0.29, 0.717) is 20.7 Å². The Kier molecular flexibility index (Phi) is 3.89. The molecule has 0 aliphatic heterocycles. The second kappa shape index (κ2) is 5.42. The number of anilines is 1. The van der Waals surface area contributed by atoms with Crippen LogP contribution in [0.1, 0.15) is 10.4 Å². The Hall–Kier alpha value is -1.52. The molecule has 2 aromatic carbocycles. The van der Waals surface area contributed by atoms with Gasteiger partial charge < -0.3 is 10.4 Å². The molecule has 0 aliphatic carbocycles. The van der Waals surface area contributed by atoms with E-state index in [9.17, 15) is 9.90 Å². The number of hydrogen-bond acceptors (Lipinski definition) is 2. The molecule has 3 nitrogen and oxygen atoms in total. The van der Waals surface area contributed by atoms with Crippen LogP contribution in [-0.4, -0.2) is 11.0 Å². The lowest BCUT2D eigenvalue weighted by molar-refractivity contribution is 0.102. The standard InChI is InChI=1S/C13H9BrClNO2/c14-10-2-1-3-11(12(10)17)16-13(18)8-4-6-9(15)7-5-8/h1-7,17H,(H,16,18). The van der Waals surface area contributed by atoms with Gasteiger partial charge in [0.15, 0.2) is 5.75 Å². The van der Waals surface area contributed by atoms with Crippen molar-refractivity contribution in [1.29, 1.82) is 0 Å². The van der Waals surface area contributed by atoms with Crippen molar-refractivity contribution in [3.63, 3.8) is 0 Å². The van der Waals surface area contributed by atoms with E-state index in [1.807, 2.05) is 0 Å². The lowest BCUT2D eigenvalue weighted by atomic mass is 10.2. The van der Waals surface area contributed by atoms with Gasteiger partial charge in [0.05, 0.1) is 10.2 Å². The number of aromatic hydroxyl groups is 1. The Balaban J connectivity index is 2.21. The molecule has 2 aromatic rings. The van der Waals surface area contributed by atoms with Crippen LogP contribution in [0.2, 0.25) is 5.02 Å². The number of rotatable bonds is 2. The lowest BCUT2D eigenvalue weighted by Gasteiger charge is -2.08. The van der Waals surface area contributed by atoms with E-state index < -0.39 is 0 Å². The van der Waals surface area contributed by atoms with Gasteiger partial charge in [-0.1, -0.05) is 17.7 Å². The van der Waals surface area contributed by atoms with Crippen molar-refractivity contribution in [3.05, 3.63) is 57.5 Å². The average molecular weight is 327 g/mol. The molecule has 18 heavy (non-hydrogen) atoms. The second-order valence-corrected chi connectivity index (χ2v) is 4.89. The summed E-state index contributed by atoms with van der Waals surface area (Å²) >= 11 is 8.93. The van der Waals surface area contributed by atoms with Crippen molar-refractivity contribution in [2.75, 3.05) is 5.32 Å². The molecule has 1 amide bonds. The first-order valence-electron chi connectivity index (χ1n) is 5.12. The third-order valence-electron chi connectivity index (χ3n) is 2.34. The summed E-state index contributed by atoms with van der Waals surface area (Å²) in [6, 6.07) is 11.5. The van der Waals surface area contributed by atoms with Gasteiger partial charge in [-0.05, 0) is 52.3 Å². The van der Waals surface area contributed by atoms with Crippen LogP contribution < -0.4 is 5.32 Å². The topological polar surface area (TPSA) is 49.3 Å². The van der Waals surface area contributed by atoms with E-state index in [0.717, 1.165) is 0 Å². The molecule has 5 heteroatoms. The maximum absolute atomic E-state index is 11.9. The number of carbonyl (C=O) groups excluding carboxylic acids is 1. The highest BCUT2D eigenvalue weighted by atomic mass is 79.9. The number of amides is 1. The molecule has 0 fully saturated rings. The van der Waals surface area contributed by atoms with Gasteiger partial charge in [0.1, 0.15) is 0 Å². The monoisotopic (exact) mass is 325 g/mol. The minimum atomic E-state index is -0.305. The molecule has 0 aliphatic rings. The third kappa shape index (κ3) is 2.83. The number of carbonyl (C=O) groups is 1. The minimum Gasteiger partial charge on any atom is -0.505 e. The summed E-state index contributed by atoms with van der Waals surface area (Å²) in [7, 11) is 0. The van der Waals surface area contributed by atoms with Crippen molar-refractivity contribution in [2.24, 2.45) is 0 Å². The van der Waals surface area contributed by atoms with Crippen LogP contribution in [0.15, 0.2) is 46.9 Å². The van der Waals surface area contributed by atoms with Crippen molar-refractivity contribution in [2.45, 2.75) is 0 Å². The predicted molar refractivity (Wildman–Crippen MR) is 75.2 cm³/mol.